The molecule has 0 aromatic heterocycles. The monoisotopic (exact) mass is 532 g/mol. The van der Waals surface area contributed by atoms with Crippen molar-refractivity contribution in [1.29, 1.82) is 0 Å². The van der Waals surface area contributed by atoms with Gasteiger partial charge in [-0.2, -0.15) is 0 Å². The molecule has 4 atom stereocenters. The smallest absolute Gasteiger partial charge is 0.326 e. The number of carbonyl (C=O) groups is 7. The summed E-state index contributed by atoms with van der Waals surface area (Å²) in [6.07, 6.45) is -1.21. The van der Waals surface area contributed by atoms with E-state index in [-0.39, 0.29) is 19.3 Å². The van der Waals surface area contributed by atoms with Gasteiger partial charge in [0.15, 0.2) is 0 Å². The molecule has 0 aliphatic rings. The average molecular weight is 533 g/mol. The maximum Gasteiger partial charge on any atom is 0.326 e. The number of carboxylic acids is 3. The zero-order valence-corrected chi connectivity index (χ0v) is 20.3. The SMILES string of the molecule is NCCCCC(N)C(=O)NC(CCC(N)=O)C(=O)NC(CCC(=O)O)C(=O)NC(CCC(=O)O)C(=O)O. The van der Waals surface area contributed by atoms with Gasteiger partial charge >= 0.3 is 17.9 Å². The van der Waals surface area contributed by atoms with Crippen molar-refractivity contribution in [2.45, 2.75) is 82.0 Å². The van der Waals surface area contributed by atoms with Gasteiger partial charge in [0.1, 0.15) is 18.1 Å². The molecule has 0 radical (unpaired) electrons. The predicted molar refractivity (Wildman–Crippen MR) is 126 cm³/mol. The van der Waals surface area contributed by atoms with E-state index in [1.165, 1.54) is 0 Å². The third kappa shape index (κ3) is 15.0. The van der Waals surface area contributed by atoms with Gasteiger partial charge in [0.05, 0.1) is 6.04 Å². The van der Waals surface area contributed by atoms with Crippen molar-refractivity contribution in [3.8, 4) is 0 Å². The van der Waals surface area contributed by atoms with Gasteiger partial charge in [-0.05, 0) is 38.6 Å². The van der Waals surface area contributed by atoms with Crippen LogP contribution in [-0.4, -0.2) is 87.6 Å². The second kappa shape index (κ2) is 17.6. The highest BCUT2D eigenvalue weighted by Gasteiger charge is 2.31. The third-order valence-corrected chi connectivity index (χ3v) is 5.16. The molecule has 0 saturated heterocycles. The Kier molecular flexibility index (Phi) is 15.8. The van der Waals surface area contributed by atoms with E-state index in [0.717, 1.165) is 0 Å². The summed E-state index contributed by atoms with van der Waals surface area (Å²) in [6.45, 7) is 0.400. The van der Waals surface area contributed by atoms with Gasteiger partial charge in [-0.25, -0.2) is 4.79 Å². The molecule has 0 aromatic rings. The normalized spacial score (nSPS) is 13.9. The molecule has 0 heterocycles. The van der Waals surface area contributed by atoms with Crippen molar-refractivity contribution in [2.75, 3.05) is 6.54 Å². The minimum absolute atomic E-state index is 0.258. The number of unbranched alkanes of at least 4 members (excludes halogenated alkanes) is 1. The molecule has 0 saturated carbocycles. The zero-order chi connectivity index (χ0) is 28.5. The number of carboxylic acid groups (broad SMARTS) is 3. The van der Waals surface area contributed by atoms with E-state index in [9.17, 15) is 38.7 Å². The summed E-state index contributed by atoms with van der Waals surface area (Å²) >= 11 is 0. The third-order valence-electron chi connectivity index (χ3n) is 5.16. The van der Waals surface area contributed by atoms with Crippen molar-refractivity contribution in [2.24, 2.45) is 17.2 Å². The molecule has 0 bridgehead atoms. The van der Waals surface area contributed by atoms with E-state index >= 15 is 0 Å². The maximum absolute atomic E-state index is 12.9. The van der Waals surface area contributed by atoms with Gasteiger partial charge in [-0.1, -0.05) is 6.42 Å². The fourth-order valence-corrected chi connectivity index (χ4v) is 3.08. The van der Waals surface area contributed by atoms with Crippen LogP contribution in [0.15, 0.2) is 0 Å². The molecule has 0 rings (SSSR count). The Morgan fingerprint density at radius 2 is 1.05 bits per heavy atom. The molecule has 0 fully saturated rings. The van der Waals surface area contributed by atoms with E-state index < -0.39 is 91.4 Å². The first-order chi connectivity index (χ1) is 17.3. The van der Waals surface area contributed by atoms with Crippen LogP contribution in [0.2, 0.25) is 0 Å². The fourth-order valence-electron chi connectivity index (χ4n) is 3.08. The Morgan fingerprint density at radius 3 is 1.49 bits per heavy atom. The van der Waals surface area contributed by atoms with Crippen LogP contribution in [0.4, 0.5) is 0 Å². The lowest BCUT2D eigenvalue weighted by atomic mass is 10.0. The van der Waals surface area contributed by atoms with Crippen LogP contribution >= 0.6 is 0 Å². The second-order valence-electron chi connectivity index (χ2n) is 8.28. The van der Waals surface area contributed by atoms with E-state index in [1.54, 1.807) is 0 Å². The van der Waals surface area contributed by atoms with Crippen LogP contribution in [0.1, 0.15) is 57.8 Å². The number of nitrogens with one attached hydrogen (secondary N) is 3. The summed E-state index contributed by atoms with van der Waals surface area (Å²) in [5.41, 5.74) is 16.4. The molecule has 0 aliphatic carbocycles. The van der Waals surface area contributed by atoms with E-state index in [4.69, 9.17) is 27.4 Å². The van der Waals surface area contributed by atoms with E-state index in [2.05, 4.69) is 16.0 Å². The number of nitrogens with two attached hydrogens (primary N) is 3. The first-order valence-electron chi connectivity index (χ1n) is 11.6. The van der Waals surface area contributed by atoms with Crippen LogP contribution in [0.5, 0.6) is 0 Å². The molecule has 16 heteroatoms. The summed E-state index contributed by atoms with van der Waals surface area (Å²) in [5, 5.41) is 33.7. The number of carbonyl (C=O) groups excluding carboxylic acids is 4. The van der Waals surface area contributed by atoms with Crippen LogP contribution in [-0.2, 0) is 33.6 Å². The van der Waals surface area contributed by atoms with Gasteiger partial charge < -0.3 is 48.5 Å². The summed E-state index contributed by atoms with van der Waals surface area (Å²) in [5.74, 6) is -7.68. The molecule has 4 amide bonds. The Hall–Kier alpha value is -3.79. The quantitative estimate of drug-likeness (QED) is 0.0708. The molecular formula is C21H36N6O10. The lowest BCUT2D eigenvalue weighted by molar-refractivity contribution is -0.144. The van der Waals surface area contributed by atoms with Crippen LogP contribution in [0.25, 0.3) is 0 Å². The minimum Gasteiger partial charge on any atom is -0.481 e. The summed E-state index contributed by atoms with van der Waals surface area (Å²) in [6, 6.07) is -5.54. The highest BCUT2D eigenvalue weighted by Crippen LogP contribution is 2.06. The zero-order valence-electron chi connectivity index (χ0n) is 20.3. The fraction of sp³-hybridized carbons (Fsp3) is 0.667. The molecule has 12 N–H and O–H groups in total. The van der Waals surface area contributed by atoms with Crippen LogP contribution in [0, 0.1) is 0 Å². The molecule has 0 aliphatic heterocycles. The van der Waals surface area contributed by atoms with Crippen LogP contribution < -0.4 is 33.2 Å². The number of aliphatic carboxylic acids is 3. The summed E-state index contributed by atoms with van der Waals surface area (Å²) in [4.78, 5) is 82.5. The first-order valence-corrected chi connectivity index (χ1v) is 11.6. The number of primary amides is 1. The van der Waals surface area contributed by atoms with Crippen molar-refractivity contribution in [1.82, 2.24) is 16.0 Å². The second-order valence-corrected chi connectivity index (χ2v) is 8.28. The van der Waals surface area contributed by atoms with Gasteiger partial charge in [0.25, 0.3) is 0 Å². The van der Waals surface area contributed by atoms with Crippen molar-refractivity contribution in [3.05, 3.63) is 0 Å². The van der Waals surface area contributed by atoms with Gasteiger partial charge in [-0.15, -0.1) is 0 Å². The minimum atomic E-state index is -1.62. The first kappa shape index (κ1) is 33.2. The Balaban J connectivity index is 5.59. The maximum atomic E-state index is 12.9. The molecule has 210 valence electrons. The Morgan fingerprint density at radius 1 is 0.622 bits per heavy atom. The number of hydrogen-bond donors (Lipinski definition) is 9. The molecule has 16 nitrogen and oxygen atoms in total. The standard InChI is InChI=1S/C21H36N6O10/c22-10-2-1-3-11(23)18(33)25-12(4-7-15(24)28)19(34)26-13(5-8-16(29)30)20(35)27-14(21(36)37)6-9-17(31)32/h11-14H,1-10,22-23H2,(H2,24,28)(H,25,33)(H,26,34)(H,27,35)(H,29,30)(H,31,32)(H,36,37). The average Bonchev–Trinajstić information content (AvgIpc) is 2.80. The number of amides is 4. The summed E-state index contributed by atoms with van der Waals surface area (Å²) < 4.78 is 0. The van der Waals surface area contributed by atoms with E-state index in [1.807, 2.05) is 0 Å². The molecule has 37 heavy (non-hydrogen) atoms. The van der Waals surface area contributed by atoms with Gasteiger partial charge in [-0.3, -0.25) is 28.8 Å². The van der Waals surface area contributed by atoms with Gasteiger partial charge in [0, 0.05) is 19.3 Å². The predicted octanol–water partition coefficient (Wildman–Crippen LogP) is -3.02. The molecule has 0 aromatic carbocycles. The molecule has 0 spiro atoms. The highest BCUT2D eigenvalue weighted by atomic mass is 16.4. The Labute approximate surface area is 212 Å². The van der Waals surface area contributed by atoms with Gasteiger partial charge in [0.2, 0.25) is 23.6 Å². The van der Waals surface area contributed by atoms with Crippen molar-refractivity contribution in [3.63, 3.8) is 0 Å². The highest BCUT2D eigenvalue weighted by molar-refractivity contribution is 5.94. The van der Waals surface area contributed by atoms with Crippen LogP contribution in [0.3, 0.4) is 0 Å². The lowest BCUT2D eigenvalue weighted by Crippen LogP contribution is -2.57. The molecule has 4 unspecified atom stereocenters. The largest absolute Gasteiger partial charge is 0.481 e. The lowest BCUT2D eigenvalue weighted by Gasteiger charge is -2.25. The summed E-state index contributed by atoms with van der Waals surface area (Å²) in [7, 11) is 0. The topological polar surface area (TPSA) is 294 Å². The number of rotatable bonds is 20. The van der Waals surface area contributed by atoms with Crippen molar-refractivity contribution >= 4 is 41.5 Å². The Bertz CT molecular complexity index is 837. The molecular weight excluding hydrogens is 496 g/mol. The number of hydrogen-bond acceptors (Lipinski definition) is 9. The van der Waals surface area contributed by atoms with E-state index in [0.29, 0.717) is 19.4 Å². The van der Waals surface area contributed by atoms with Crippen molar-refractivity contribution < 1.29 is 48.9 Å².